The van der Waals surface area contributed by atoms with Gasteiger partial charge in [0, 0.05) is 5.56 Å². The van der Waals surface area contributed by atoms with Gasteiger partial charge in [-0.25, -0.2) is 8.42 Å². The van der Waals surface area contributed by atoms with Crippen molar-refractivity contribution in [1.82, 2.24) is 4.98 Å². The van der Waals surface area contributed by atoms with Gasteiger partial charge in [0.2, 0.25) is 0 Å². The van der Waals surface area contributed by atoms with E-state index in [1.165, 1.54) is 0 Å². The zero-order chi connectivity index (χ0) is 17.3. The van der Waals surface area contributed by atoms with Crippen LogP contribution in [0.4, 0.5) is 0 Å². The molecule has 0 N–H and O–H groups in total. The van der Waals surface area contributed by atoms with Crippen molar-refractivity contribution in [2.75, 3.05) is 0 Å². The second-order valence-corrected chi connectivity index (χ2v) is 8.48. The molecule has 0 bridgehead atoms. The minimum absolute atomic E-state index is 0.375. The highest BCUT2D eigenvalue weighted by Gasteiger charge is 2.34. The third-order valence-corrected chi connectivity index (χ3v) is 6.88. The van der Waals surface area contributed by atoms with Gasteiger partial charge in [-0.05, 0) is 43.0 Å². The van der Waals surface area contributed by atoms with Gasteiger partial charge in [0.25, 0.3) is 0 Å². The van der Waals surface area contributed by atoms with E-state index in [4.69, 9.17) is 4.98 Å². The van der Waals surface area contributed by atoms with E-state index < -0.39 is 15.1 Å². The van der Waals surface area contributed by atoms with E-state index in [0.717, 1.165) is 35.4 Å². The first-order chi connectivity index (χ1) is 12.2. The Morgan fingerprint density at radius 2 is 1.52 bits per heavy atom. The fraction of sp³-hybridized carbons (Fsp3) is 0.190. The molecule has 4 rings (SSSR count). The lowest BCUT2D eigenvalue weighted by atomic mass is 9.94. The molecule has 1 heterocycles. The van der Waals surface area contributed by atoms with Crippen LogP contribution >= 0.6 is 0 Å². The summed E-state index contributed by atoms with van der Waals surface area (Å²) >= 11 is 0. The monoisotopic (exact) mass is 349 g/mol. The standard InChI is InChI=1S/C21H19NO2S/c23-25(24,18-11-5-2-6-12-18)20-13-7-10-17-14-15-19(22-21(17)20)16-8-3-1-4-9-16/h1-6,8-9,11-12,14-15,20H,7,10,13H2. The molecule has 1 unspecified atom stereocenters. The molecule has 0 saturated heterocycles. The molecule has 0 aliphatic heterocycles. The molecule has 1 aliphatic carbocycles. The molecular formula is C21H19NO2S. The zero-order valence-corrected chi connectivity index (χ0v) is 14.6. The number of sulfone groups is 1. The number of nitrogens with zero attached hydrogens (tertiary/aromatic N) is 1. The van der Waals surface area contributed by atoms with Gasteiger partial charge in [0.05, 0.1) is 16.3 Å². The van der Waals surface area contributed by atoms with Crippen molar-refractivity contribution in [3.63, 3.8) is 0 Å². The third kappa shape index (κ3) is 2.98. The summed E-state index contributed by atoms with van der Waals surface area (Å²) < 4.78 is 26.3. The first kappa shape index (κ1) is 16.0. The lowest BCUT2D eigenvalue weighted by Crippen LogP contribution is -2.21. The van der Waals surface area contributed by atoms with E-state index in [2.05, 4.69) is 0 Å². The van der Waals surface area contributed by atoms with Gasteiger partial charge in [-0.1, -0.05) is 54.6 Å². The topological polar surface area (TPSA) is 47.0 Å². The Labute approximate surface area is 148 Å². The predicted octanol–water partition coefficient (Wildman–Crippen LogP) is 4.60. The number of pyridine rings is 1. The van der Waals surface area contributed by atoms with E-state index in [9.17, 15) is 8.42 Å². The lowest BCUT2D eigenvalue weighted by molar-refractivity contribution is 0.555. The molecule has 2 aromatic carbocycles. The van der Waals surface area contributed by atoms with Crippen LogP contribution in [0.3, 0.4) is 0 Å². The summed E-state index contributed by atoms with van der Waals surface area (Å²) in [5.41, 5.74) is 3.60. The molecule has 126 valence electrons. The van der Waals surface area contributed by atoms with E-state index in [0.29, 0.717) is 11.3 Å². The number of aromatic nitrogens is 1. The highest BCUT2D eigenvalue weighted by Crippen LogP contribution is 2.38. The Morgan fingerprint density at radius 3 is 2.24 bits per heavy atom. The minimum atomic E-state index is -3.44. The molecule has 0 spiro atoms. The molecule has 3 nitrogen and oxygen atoms in total. The van der Waals surface area contributed by atoms with Gasteiger partial charge >= 0.3 is 0 Å². The van der Waals surface area contributed by atoms with Crippen LogP contribution < -0.4 is 0 Å². The van der Waals surface area contributed by atoms with Gasteiger partial charge in [-0.3, -0.25) is 4.98 Å². The third-order valence-electron chi connectivity index (χ3n) is 4.75. The first-order valence-electron chi connectivity index (χ1n) is 8.50. The number of rotatable bonds is 3. The van der Waals surface area contributed by atoms with E-state index in [-0.39, 0.29) is 0 Å². The molecule has 0 fully saturated rings. The lowest BCUT2D eigenvalue weighted by Gasteiger charge is -2.25. The van der Waals surface area contributed by atoms with Crippen molar-refractivity contribution >= 4 is 9.84 Å². The van der Waals surface area contributed by atoms with Gasteiger partial charge < -0.3 is 0 Å². The quantitative estimate of drug-likeness (QED) is 0.694. The summed E-state index contributed by atoms with van der Waals surface area (Å²) in [6.45, 7) is 0. The summed E-state index contributed by atoms with van der Waals surface area (Å²) in [5.74, 6) is 0. The normalized spacial score (nSPS) is 17.0. The highest BCUT2D eigenvalue weighted by molar-refractivity contribution is 7.91. The van der Waals surface area contributed by atoms with Crippen molar-refractivity contribution in [3.05, 3.63) is 84.1 Å². The van der Waals surface area contributed by atoms with Crippen molar-refractivity contribution in [2.24, 2.45) is 0 Å². The molecule has 1 aromatic heterocycles. The Bertz CT molecular complexity index is 983. The maximum absolute atomic E-state index is 13.2. The number of aryl methyl sites for hydroxylation is 1. The molecule has 4 heteroatoms. The molecule has 25 heavy (non-hydrogen) atoms. The predicted molar refractivity (Wildman–Crippen MR) is 99.0 cm³/mol. The Balaban J connectivity index is 1.82. The van der Waals surface area contributed by atoms with Crippen LogP contribution in [0.2, 0.25) is 0 Å². The maximum atomic E-state index is 13.2. The summed E-state index contributed by atoms with van der Waals surface area (Å²) in [6, 6.07) is 22.6. The Kier molecular flexibility index (Phi) is 4.14. The second-order valence-electron chi connectivity index (χ2n) is 6.35. The summed E-state index contributed by atoms with van der Waals surface area (Å²) in [5, 5.41) is -0.567. The average Bonchev–Trinajstić information content (AvgIpc) is 2.68. The molecule has 1 atom stereocenters. The van der Waals surface area contributed by atoms with E-state index in [1.54, 1.807) is 24.3 Å². The largest absolute Gasteiger partial charge is 0.251 e. The Morgan fingerprint density at radius 1 is 0.840 bits per heavy atom. The smallest absolute Gasteiger partial charge is 0.186 e. The molecule has 0 radical (unpaired) electrons. The second kappa shape index (κ2) is 6.45. The van der Waals surface area contributed by atoms with Crippen molar-refractivity contribution in [3.8, 4) is 11.3 Å². The van der Waals surface area contributed by atoms with Crippen LogP contribution in [-0.4, -0.2) is 13.4 Å². The van der Waals surface area contributed by atoms with Crippen molar-refractivity contribution in [2.45, 2.75) is 29.4 Å². The fourth-order valence-corrected chi connectivity index (χ4v) is 5.29. The van der Waals surface area contributed by atoms with Crippen LogP contribution in [0, 0.1) is 0 Å². The highest BCUT2D eigenvalue weighted by atomic mass is 32.2. The van der Waals surface area contributed by atoms with Crippen LogP contribution in [0.25, 0.3) is 11.3 Å². The van der Waals surface area contributed by atoms with Crippen molar-refractivity contribution < 1.29 is 8.42 Å². The van der Waals surface area contributed by atoms with Gasteiger partial charge in [0.15, 0.2) is 9.84 Å². The number of hydrogen-bond donors (Lipinski definition) is 0. The van der Waals surface area contributed by atoms with Crippen LogP contribution in [0.15, 0.2) is 77.7 Å². The molecule has 3 aromatic rings. The minimum Gasteiger partial charge on any atom is -0.251 e. The summed E-state index contributed by atoms with van der Waals surface area (Å²) in [6.07, 6.45) is 2.38. The zero-order valence-electron chi connectivity index (χ0n) is 13.8. The van der Waals surface area contributed by atoms with Gasteiger partial charge in [0.1, 0.15) is 5.25 Å². The summed E-state index contributed by atoms with van der Waals surface area (Å²) in [7, 11) is -3.44. The van der Waals surface area contributed by atoms with E-state index in [1.807, 2.05) is 48.5 Å². The fourth-order valence-electron chi connectivity index (χ4n) is 3.45. The molecule has 0 amide bonds. The Hall–Kier alpha value is -2.46. The number of hydrogen-bond acceptors (Lipinski definition) is 3. The SMILES string of the molecule is O=S(=O)(c1ccccc1)C1CCCc2ccc(-c3ccccc3)nc21. The first-order valence-corrected chi connectivity index (χ1v) is 10.0. The van der Waals surface area contributed by atoms with Crippen molar-refractivity contribution in [1.29, 1.82) is 0 Å². The molecule has 1 aliphatic rings. The molecular weight excluding hydrogens is 330 g/mol. The van der Waals surface area contributed by atoms with Gasteiger partial charge in [-0.2, -0.15) is 0 Å². The summed E-state index contributed by atoms with van der Waals surface area (Å²) in [4.78, 5) is 5.15. The van der Waals surface area contributed by atoms with Gasteiger partial charge in [-0.15, -0.1) is 0 Å². The number of benzene rings is 2. The van der Waals surface area contributed by atoms with Crippen LogP contribution in [0.1, 0.15) is 29.3 Å². The van der Waals surface area contributed by atoms with Crippen LogP contribution in [0.5, 0.6) is 0 Å². The molecule has 0 saturated carbocycles. The van der Waals surface area contributed by atoms with E-state index >= 15 is 0 Å². The average molecular weight is 349 g/mol. The van der Waals surface area contributed by atoms with Crippen LogP contribution in [-0.2, 0) is 16.3 Å². The number of fused-ring (bicyclic) bond motifs is 1. The maximum Gasteiger partial charge on any atom is 0.186 e.